The van der Waals surface area contributed by atoms with Crippen LogP contribution < -0.4 is 0 Å². The standard InChI is InChI=1S/C12H8Cl3N/c1-7-3-2-4-8(5-7)11-9(13)6-10(14)12(15)16-11/h2-6H,1H3. The van der Waals surface area contributed by atoms with Crippen LogP contribution in [0.15, 0.2) is 30.3 Å². The molecule has 4 heteroatoms. The Balaban J connectivity index is 2.60. The van der Waals surface area contributed by atoms with E-state index in [0.717, 1.165) is 11.1 Å². The molecule has 2 rings (SSSR count). The molecule has 82 valence electrons. The molecule has 0 aliphatic carbocycles. The number of rotatable bonds is 1. The average molecular weight is 273 g/mol. The van der Waals surface area contributed by atoms with E-state index in [-0.39, 0.29) is 5.15 Å². The van der Waals surface area contributed by atoms with Gasteiger partial charge in [-0.2, -0.15) is 0 Å². The Kier molecular flexibility index (Phi) is 3.38. The Morgan fingerprint density at radius 1 is 1.00 bits per heavy atom. The van der Waals surface area contributed by atoms with Crippen molar-refractivity contribution >= 4 is 34.8 Å². The fourth-order valence-electron chi connectivity index (χ4n) is 1.44. The molecule has 0 saturated heterocycles. The van der Waals surface area contributed by atoms with Crippen LogP contribution >= 0.6 is 34.8 Å². The highest BCUT2D eigenvalue weighted by Crippen LogP contribution is 2.32. The van der Waals surface area contributed by atoms with Crippen LogP contribution in [0.2, 0.25) is 15.2 Å². The van der Waals surface area contributed by atoms with E-state index >= 15 is 0 Å². The smallest absolute Gasteiger partial charge is 0.148 e. The summed E-state index contributed by atoms with van der Waals surface area (Å²) in [6.07, 6.45) is 0. The molecule has 0 amide bonds. The van der Waals surface area contributed by atoms with Crippen molar-refractivity contribution in [1.82, 2.24) is 4.98 Å². The van der Waals surface area contributed by atoms with E-state index < -0.39 is 0 Å². The van der Waals surface area contributed by atoms with Crippen molar-refractivity contribution in [1.29, 1.82) is 0 Å². The van der Waals surface area contributed by atoms with Crippen molar-refractivity contribution in [3.8, 4) is 11.3 Å². The van der Waals surface area contributed by atoms with E-state index in [1.165, 1.54) is 0 Å². The van der Waals surface area contributed by atoms with Crippen molar-refractivity contribution in [2.75, 3.05) is 0 Å². The molecule has 1 nitrogen and oxygen atoms in total. The molecule has 0 fully saturated rings. The van der Waals surface area contributed by atoms with Crippen LogP contribution in [0.4, 0.5) is 0 Å². The lowest BCUT2D eigenvalue weighted by molar-refractivity contribution is 1.32. The Morgan fingerprint density at radius 3 is 2.44 bits per heavy atom. The molecular formula is C12H8Cl3N. The van der Waals surface area contributed by atoms with Crippen LogP contribution in [0.5, 0.6) is 0 Å². The van der Waals surface area contributed by atoms with E-state index in [4.69, 9.17) is 34.8 Å². The quantitative estimate of drug-likeness (QED) is 0.664. The third kappa shape index (κ3) is 2.32. The van der Waals surface area contributed by atoms with Crippen molar-refractivity contribution < 1.29 is 0 Å². The van der Waals surface area contributed by atoms with Crippen LogP contribution in [0.3, 0.4) is 0 Å². The van der Waals surface area contributed by atoms with Gasteiger partial charge in [-0.05, 0) is 19.1 Å². The van der Waals surface area contributed by atoms with Crippen molar-refractivity contribution in [2.45, 2.75) is 6.92 Å². The number of benzene rings is 1. The Hall–Kier alpha value is -0.760. The SMILES string of the molecule is Cc1cccc(-c2nc(Cl)c(Cl)cc2Cl)c1. The summed E-state index contributed by atoms with van der Waals surface area (Å²) < 4.78 is 0. The highest BCUT2D eigenvalue weighted by atomic mass is 35.5. The fraction of sp³-hybridized carbons (Fsp3) is 0.0833. The molecule has 2 aromatic rings. The summed E-state index contributed by atoms with van der Waals surface area (Å²) in [5, 5.41) is 1.13. The second kappa shape index (κ2) is 4.62. The minimum Gasteiger partial charge on any atom is -0.233 e. The monoisotopic (exact) mass is 271 g/mol. The summed E-state index contributed by atoms with van der Waals surface area (Å²) in [7, 11) is 0. The molecule has 1 aromatic heterocycles. The zero-order chi connectivity index (χ0) is 11.7. The lowest BCUT2D eigenvalue weighted by Crippen LogP contribution is -1.87. The van der Waals surface area contributed by atoms with Gasteiger partial charge >= 0.3 is 0 Å². The van der Waals surface area contributed by atoms with Crippen molar-refractivity contribution in [2.24, 2.45) is 0 Å². The van der Waals surface area contributed by atoms with Crippen molar-refractivity contribution in [3.63, 3.8) is 0 Å². The van der Waals surface area contributed by atoms with Crippen LogP contribution in [0.25, 0.3) is 11.3 Å². The zero-order valence-corrected chi connectivity index (χ0v) is 10.7. The lowest BCUT2D eigenvalue weighted by atomic mass is 10.1. The number of aryl methyl sites for hydroxylation is 1. The summed E-state index contributed by atoms with van der Waals surface area (Å²) in [6.45, 7) is 2.01. The van der Waals surface area contributed by atoms with Gasteiger partial charge in [-0.15, -0.1) is 0 Å². The van der Waals surface area contributed by atoms with Gasteiger partial charge < -0.3 is 0 Å². The molecular weight excluding hydrogens is 264 g/mol. The van der Waals surface area contributed by atoms with Gasteiger partial charge in [0.25, 0.3) is 0 Å². The second-order valence-corrected chi connectivity index (χ2v) is 4.63. The molecule has 1 aromatic carbocycles. The molecule has 0 radical (unpaired) electrons. The summed E-state index contributed by atoms with van der Waals surface area (Å²) >= 11 is 17.8. The number of hydrogen-bond donors (Lipinski definition) is 0. The van der Waals surface area contributed by atoms with Gasteiger partial charge in [-0.25, -0.2) is 4.98 Å². The Morgan fingerprint density at radius 2 is 1.75 bits per heavy atom. The largest absolute Gasteiger partial charge is 0.233 e. The highest BCUT2D eigenvalue weighted by Gasteiger charge is 2.09. The van der Waals surface area contributed by atoms with E-state index in [2.05, 4.69) is 4.98 Å². The second-order valence-electron chi connectivity index (χ2n) is 3.46. The van der Waals surface area contributed by atoms with E-state index in [0.29, 0.717) is 15.7 Å². The van der Waals surface area contributed by atoms with Gasteiger partial charge in [0.05, 0.1) is 15.7 Å². The number of aromatic nitrogens is 1. The molecule has 0 unspecified atom stereocenters. The maximum absolute atomic E-state index is 6.08. The van der Waals surface area contributed by atoms with Crippen LogP contribution in [-0.2, 0) is 0 Å². The van der Waals surface area contributed by atoms with Gasteiger partial charge in [-0.3, -0.25) is 0 Å². The van der Waals surface area contributed by atoms with Gasteiger partial charge in [0, 0.05) is 5.56 Å². The highest BCUT2D eigenvalue weighted by molar-refractivity contribution is 6.42. The Labute approximate surface area is 109 Å². The predicted molar refractivity (Wildman–Crippen MR) is 69.4 cm³/mol. The normalized spacial score (nSPS) is 10.5. The maximum atomic E-state index is 6.08. The molecule has 0 spiro atoms. The first-order chi connectivity index (χ1) is 7.58. The van der Waals surface area contributed by atoms with Gasteiger partial charge in [0.15, 0.2) is 0 Å². The predicted octanol–water partition coefficient (Wildman–Crippen LogP) is 5.02. The van der Waals surface area contributed by atoms with Gasteiger partial charge in [0.1, 0.15) is 5.15 Å². The molecule has 0 aliphatic heterocycles. The topological polar surface area (TPSA) is 12.9 Å². The molecule has 0 bridgehead atoms. The maximum Gasteiger partial charge on any atom is 0.148 e. The minimum absolute atomic E-state index is 0.266. The number of nitrogens with zero attached hydrogens (tertiary/aromatic N) is 1. The first-order valence-electron chi connectivity index (χ1n) is 4.66. The number of pyridine rings is 1. The zero-order valence-electron chi connectivity index (χ0n) is 8.47. The Bertz CT molecular complexity index is 538. The molecule has 1 heterocycles. The van der Waals surface area contributed by atoms with Gasteiger partial charge in [-0.1, -0.05) is 58.6 Å². The molecule has 0 aliphatic rings. The van der Waals surface area contributed by atoms with E-state index in [9.17, 15) is 0 Å². The third-order valence-electron chi connectivity index (χ3n) is 2.18. The third-order valence-corrected chi connectivity index (χ3v) is 3.14. The first-order valence-corrected chi connectivity index (χ1v) is 5.80. The molecule has 0 N–H and O–H groups in total. The van der Waals surface area contributed by atoms with Gasteiger partial charge in [0.2, 0.25) is 0 Å². The van der Waals surface area contributed by atoms with E-state index in [1.54, 1.807) is 6.07 Å². The first kappa shape index (κ1) is 11.7. The van der Waals surface area contributed by atoms with Crippen molar-refractivity contribution in [3.05, 3.63) is 51.1 Å². The average Bonchev–Trinajstić information content (AvgIpc) is 2.23. The number of halogens is 3. The van der Waals surface area contributed by atoms with Crippen LogP contribution in [0.1, 0.15) is 5.56 Å². The van der Waals surface area contributed by atoms with E-state index in [1.807, 2.05) is 31.2 Å². The molecule has 16 heavy (non-hydrogen) atoms. The lowest BCUT2D eigenvalue weighted by Gasteiger charge is -2.06. The summed E-state index contributed by atoms with van der Waals surface area (Å²) in [5.74, 6) is 0. The van der Waals surface area contributed by atoms with Crippen LogP contribution in [0, 0.1) is 6.92 Å². The summed E-state index contributed by atoms with van der Waals surface area (Å²) in [6, 6.07) is 9.50. The molecule has 0 atom stereocenters. The fourth-order valence-corrected chi connectivity index (χ4v) is 2.05. The minimum atomic E-state index is 0.266. The van der Waals surface area contributed by atoms with Crippen LogP contribution in [-0.4, -0.2) is 4.98 Å². The number of hydrogen-bond acceptors (Lipinski definition) is 1. The summed E-state index contributed by atoms with van der Waals surface area (Å²) in [4.78, 5) is 4.19. The molecule has 0 saturated carbocycles. The summed E-state index contributed by atoms with van der Waals surface area (Å²) in [5.41, 5.74) is 2.73.